The number of nitrogen functional groups attached to an aromatic ring is 1. The number of carbonyl (C=O) groups excluding carboxylic acids is 1. The highest BCUT2D eigenvalue weighted by Gasteiger charge is 2.00. The summed E-state index contributed by atoms with van der Waals surface area (Å²) in [7, 11) is 0. The summed E-state index contributed by atoms with van der Waals surface area (Å²) in [6, 6.07) is 6.93. The van der Waals surface area contributed by atoms with Crippen LogP contribution in [0, 0.1) is 11.3 Å². The minimum atomic E-state index is -0.428. The summed E-state index contributed by atoms with van der Waals surface area (Å²) in [4.78, 5) is 11.1. The first-order valence-electron chi connectivity index (χ1n) is 4.82. The molecule has 0 amide bonds. The van der Waals surface area contributed by atoms with Crippen molar-refractivity contribution in [3.05, 3.63) is 35.4 Å². The molecule has 0 aromatic heterocycles. The van der Waals surface area contributed by atoms with Crippen molar-refractivity contribution in [1.29, 1.82) is 5.26 Å². The number of esters is 1. The molecule has 0 bridgehead atoms. The van der Waals surface area contributed by atoms with Crippen LogP contribution in [0.1, 0.15) is 18.1 Å². The van der Waals surface area contributed by atoms with Crippen molar-refractivity contribution in [3.8, 4) is 6.07 Å². The van der Waals surface area contributed by atoms with Crippen LogP contribution in [-0.2, 0) is 9.53 Å². The van der Waals surface area contributed by atoms with Gasteiger partial charge in [-0.2, -0.15) is 5.26 Å². The van der Waals surface area contributed by atoms with E-state index in [1.807, 2.05) is 6.07 Å². The summed E-state index contributed by atoms with van der Waals surface area (Å²) < 4.78 is 4.73. The van der Waals surface area contributed by atoms with Gasteiger partial charge in [-0.3, -0.25) is 0 Å². The fourth-order valence-electron chi connectivity index (χ4n) is 1.16. The molecule has 0 atom stereocenters. The number of rotatable bonds is 3. The van der Waals surface area contributed by atoms with Crippen molar-refractivity contribution in [2.45, 2.75) is 6.92 Å². The average Bonchev–Trinajstić information content (AvgIpc) is 2.27. The van der Waals surface area contributed by atoms with E-state index in [-0.39, 0.29) is 0 Å². The lowest BCUT2D eigenvalue weighted by Crippen LogP contribution is -1.98. The number of hydrogen-bond donors (Lipinski definition) is 1. The molecule has 0 aliphatic heterocycles. The van der Waals surface area contributed by atoms with E-state index in [4.69, 9.17) is 15.7 Å². The van der Waals surface area contributed by atoms with Crippen molar-refractivity contribution in [2.75, 3.05) is 12.3 Å². The predicted molar refractivity (Wildman–Crippen MR) is 61.2 cm³/mol. The Kier molecular flexibility index (Phi) is 4.10. The van der Waals surface area contributed by atoms with Crippen molar-refractivity contribution >= 4 is 17.7 Å². The highest BCUT2D eigenvalue weighted by Crippen LogP contribution is 2.14. The molecule has 82 valence electrons. The predicted octanol–water partition coefficient (Wildman–Crippen LogP) is 1.72. The maximum absolute atomic E-state index is 11.1. The van der Waals surface area contributed by atoms with Gasteiger partial charge in [-0.1, -0.05) is 6.07 Å². The summed E-state index contributed by atoms with van der Waals surface area (Å²) in [5, 5.41) is 8.86. The van der Waals surface area contributed by atoms with Crippen molar-refractivity contribution in [2.24, 2.45) is 0 Å². The molecule has 4 heteroatoms. The summed E-state index contributed by atoms with van der Waals surface area (Å²) in [5.41, 5.74) is 7.13. The van der Waals surface area contributed by atoms with E-state index < -0.39 is 5.97 Å². The molecule has 0 heterocycles. The van der Waals surface area contributed by atoms with Gasteiger partial charge in [-0.05, 0) is 30.7 Å². The highest BCUT2D eigenvalue weighted by atomic mass is 16.5. The van der Waals surface area contributed by atoms with Crippen LogP contribution in [0.25, 0.3) is 6.08 Å². The standard InChI is InChI=1S/C12H12N2O2/c1-2-16-12(15)6-4-9-3-5-11(14)7-10(9)8-13/h3-7H,2,14H2,1H3/b6-4+. The number of anilines is 1. The van der Waals surface area contributed by atoms with Crippen molar-refractivity contribution < 1.29 is 9.53 Å². The lowest BCUT2D eigenvalue weighted by Gasteiger charge is -1.99. The molecule has 0 aliphatic rings. The summed E-state index contributed by atoms with van der Waals surface area (Å²) in [6.07, 6.45) is 2.83. The number of nitrogens with two attached hydrogens (primary N) is 1. The van der Waals surface area contributed by atoms with Gasteiger partial charge < -0.3 is 10.5 Å². The van der Waals surface area contributed by atoms with E-state index >= 15 is 0 Å². The Hall–Kier alpha value is -2.28. The Bertz CT molecular complexity index is 459. The molecule has 4 nitrogen and oxygen atoms in total. The minimum absolute atomic E-state index is 0.329. The van der Waals surface area contributed by atoms with Crippen molar-refractivity contribution in [1.82, 2.24) is 0 Å². The Labute approximate surface area is 93.9 Å². The Morgan fingerprint density at radius 2 is 2.38 bits per heavy atom. The molecular weight excluding hydrogens is 204 g/mol. The third-order valence-corrected chi connectivity index (χ3v) is 1.88. The molecule has 2 N–H and O–H groups in total. The first-order valence-corrected chi connectivity index (χ1v) is 4.82. The van der Waals surface area contributed by atoms with Gasteiger partial charge in [0.1, 0.15) is 0 Å². The molecule has 1 aromatic rings. The molecule has 16 heavy (non-hydrogen) atoms. The van der Waals surface area contributed by atoms with Crippen LogP contribution in [-0.4, -0.2) is 12.6 Å². The normalized spacial score (nSPS) is 10.0. The van der Waals surface area contributed by atoms with Crippen LogP contribution in [0.5, 0.6) is 0 Å². The Morgan fingerprint density at radius 1 is 1.62 bits per heavy atom. The first kappa shape index (κ1) is 11.8. The SMILES string of the molecule is CCOC(=O)/C=C/c1ccc(N)cc1C#N. The van der Waals surface area contributed by atoms with Gasteiger partial charge in [0.2, 0.25) is 0 Å². The number of benzene rings is 1. The second-order valence-electron chi connectivity index (χ2n) is 3.04. The fourth-order valence-corrected chi connectivity index (χ4v) is 1.16. The largest absolute Gasteiger partial charge is 0.463 e. The minimum Gasteiger partial charge on any atom is -0.463 e. The second-order valence-corrected chi connectivity index (χ2v) is 3.04. The van der Waals surface area contributed by atoms with Crippen LogP contribution in [0.15, 0.2) is 24.3 Å². The van der Waals surface area contributed by atoms with E-state index in [0.717, 1.165) is 0 Å². The average molecular weight is 216 g/mol. The van der Waals surface area contributed by atoms with Gasteiger partial charge in [-0.15, -0.1) is 0 Å². The molecule has 0 radical (unpaired) electrons. The molecule has 0 spiro atoms. The summed E-state index contributed by atoms with van der Waals surface area (Å²) >= 11 is 0. The third kappa shape index (κ3) is 3.14. The highest BCUT2D eigenvalue weighted by molar-refractivity contribution is 5.87. The van der Waals surface area contributed by atoms with Crippen LogP contribution >= 0.6 is 0 Å². The quantitative estimate of drug-likeness (QED) is 0.474. The zero-order valence-corrected chi connectivity index (χ0v) is 8.93. The maximum atomic E-state index is 11.1. The molecule has 1 aromatic carbocycles. The van der Waals surface area contributed by atoms with E-state index in [9.17, 15) is 4.79 Å². The van der Waals surface area contributed by atoms with Crippen molar-refractivity contribution in [3.63, 3.8) is 0 Å². The Balaban J connectivity index is 2.89. The first-order chi connectivity index (χ1) is 7.67. The number of nitrogens with zero attached hydrogens (tertiary/aromatic N) is 1. The van der Waals surface area contributed by atoms with E-state index in [1.54, 1.807) is 25.1 Å². The van der Waals surface area contributed by atoms with Gasteiger partial charge in [-0.25, -0.2) is 4.79 Å². The van der Waals surface area contributed by atoms with Gasteiger partial charge in [0.25, 0.3) is 0 Å². The fraction of sp³-hybridized carbons (Fsp3) is 0.167. The van der Waals surface area contributed by atoms with Crippen LogP contribution < -0.4 is 5.73 Å². The Morgan fingerprint density at radius 3 is 3.00 bits per heavy atom. The topological polar surface area (TPSA) is 76.1 Å². The molecular formula is C12H12N2O2. The lowest BCUT2D eigenvalue weighted by molar-refractivity contribution is -0.137. The zero-order valence-electron chi connectivity index (χ0n) is 8.93. The van der Waals surface area contributed by atoms with Gasteiger partial charge in [0.15, 0.2) is 0 Å². The monoisotopic (exact) mass is 216 g/mol. The third-order valence-electron chi connectivity index (χ3n) is 1.88. The molecule has 0 saturated carbocycles. The summed E-state index contributed by atoms with van der Waals surface area (Å²) in [5.74, 6) is -0.428. The number of carbonyl (C=O) groups is 1. The molecule has 0 fully saturated rings. The van der Waals surface area contributed by atoms with Crippen LogP contribution in [0.2, 0.25) is 0 Å². The van der Waals surface area contributed by atoms with Crippen LogP contribution in [0.4, 0.5) is 5.69 Å². The van der Waals surface area contributed by atoms with E-state index in [0.29, 0.717) is 23.4 Å². The number of ether oxygens (including phenoxy) is 1. The lowest BCUT2D eigenvalue weighted by atomic mass is 10.1. The molecule has 1 rings (SSSR count). The van der Waals surface area contributed by atoms with Gasteiger partial charge in [0, 0.05) is 11.8 Å². The number of nitriles is 1. The molecule has 0 aliphatic carbocycles. The van der Waals surface area contributed by atoms with Crippen LogP contribution in [0.3, 0.4) is 0 Å². The smallest absolute Gasteiger partial charge is 0.330 e. The van der Waals surface area contributed by atoms with E-state index in [2.05, 4.69) is 0 Å². The molecule has 0 unspecified atom stereocenters. The summed E-state index contributed by atoms with van der Waals surface area (Å²) in [6.45, 7) is 2.06. The maximum Gasteiger partial charge on any atom is 0.330 e. The van der Waals surface area contributed by atoms with Gasteiger partial charge in [0.05, 0.1) is 18.2 Å². The van der Waals surface area contributed by atoms with Gasteiger partial charge >= 0.3 is 5.97 Å². The number of hydrogen-bond acceptors (Lipinski definition) is 4. The molecule has 0 saturated heterocycles. The van der Waals surface area contributed by atoms with E-state index in [1.165, 1.54) is 12.2 Å². The zero-order chi connectivity index (χ0) is 12.0. The second kappa shape index (κ2) is 5.56.